The molecule has 1 aromatic rings. The van der Waals surface area contributed by atoms with Crippen LogP contribution in [0.15, 0.2) is 18.2 Å². The smallest absolute Gasteiger partial charge is 0.425 e. The van der Waals surface area contributed by atoms with E-state index in [-0.39, 0.29) is 5.25 Å². The van der Waals surface area contributed by atoms with Gasteiger partial charge in [-0.1, -0.05) is 52.0 Å². The van der Waals surface area contributed by atoms with Gasteiger partial charge >= 0.3 is 10.6 Å². The highest BCUT2D eigenvalue weighted by Gasteiger charge is 2.16. The number of rotatable bonds is 10. The van der Waals surface area contributed by atoms with Gasteiger partial charge < -0.3 is 9.47 Å². The van der Waals surface area contributed by atoms with E-state index in [1.54, 1.807) is 0 Å². The number of benzene rings is 1. The summed E-state index contributed by atoms with van der Waals surface area (Å²) < 4.78 is 48.4. The molecule has 0 aliphatic carbocycles. The number of hydrogen-bond acceptors (Lipinski definition) is 6. The average Bonchev–Trinajstić information content (AvgIpc) is 3.05. The van der Waals surface area contributed by atoms with Gasteiger partial charge in [-0.15, -0.1) is 12.6 Å². The van der Waals surface area contributed by atoms with E-state index in [0.717, 1.165) is 30.1 Å². The van der Waals surface area contributed by atoms with Crippen LogP contribution in [0.25, 0.3) is 0 Å². The van der Waals surface area contributed by atoms with E-state index in [9.17, 15) is 4.21 Å². The Bertz CT molecular complexity index is 665. The zero-order valence-corrected chi connectivity index (χ0v) is 17.1. The third-order valence-corrected chi connectivity index (χ3v) is 5.86. The summed E-state index contributed by atoms with van der Waals surface area (Å²) in [4.78, 5) is 0. The molecule has 0 radical (unpaired) electrons. The van der Waals surface area contributed by atoms with Crippen molar-refractivity contribution in [1.82, 2.24) is 0 Å². The summed E-state index contributed by atoms with van der Waals surface area (Å²) in [5.41, 5.74) is 1.17. The molecule has 0 N–H and O–H groups in total. The van der Waals surface area contributed by atoms with Gasteiger partial charge in [-0.2, -0.15) is 0 Å². The second kappa shape index (κ2) is 12.9. The van der Waals surface area contributed by atoms with Crippen LogP contribution in [0.1, 0.15) is 57.9 Å². The highest BCUT2D eigenvalue weighted by molar-refractivity contribution is 7.85. The fraction of sp³-hybridized carbons (Fsp3) is 0.667. The van der Waals surface area contributed by atoms with E-state index in [0.29, 0.717) is 6.79 Å². The van der Waals surface area contributed by atoms with E-state index in [1.807, 2.05) is 18.2 Å². The van der Waals surface area contributed by atoms with Gasteiger partial charge in [-0.05, 0) is 30.5 Å². The van der Waals surface area contributed by atoms with Gasteiger partial charge in [0.05, 0.1) is 0 Å². The Hall–Kier alpha value is -1.41. The SMILES string of the molecule is CCCCCCCCS(=O)C(C)Cc1ccc2c(c1)OCO2.O=S(=O)=O. The molecule has 0 amide bonds. The Morgan fingerprint density at radius 2 is 1.58 bits per heavy atom. The van der Waals surface area contributed by atoms with Crippen molar-refractivity contribution in [3.05, 3.63) is 23.8 Å². The summed E-state index contributed by atoms with van der Waals surface area (Å²) in [5.74, 6) is 2.45. The van der Waals surface area contributed by atoms with Crippen molar-refractivity contribution in [3.8, 4) is 11.5 Å². The lowest BCUT2D eigenvalue weighted by Gasteiger charge is -2.12. The minimum atomic E-state index is -3.11. The Balaban J connectivity index is 0.000000765. The molecular formula is C18H28O6S2. The summed E-state index contributed by atoms with van der Waals surface area (Å²) in [6, 6.07) is 6.01. The zero-order valence-electron chi connectivity index (χ0n) is 15.4. The van der Waals surface area contributed by atoms with Crippen LogP contribution in [0.2, 0.25) is 0 Å². The Morgan fingerprint density at radius 3 is 2.27 bits per heavy atom. The Labute approximate surface area is 159 Å². The van der Waals surface area contributed by atoms with Crippen LogP contribution in [0, 0.1) is 0 Å². The molecule has 2 unspecified atom stereocenters. The molecule has 0 spiro atoms. The summed E-state index contributed by atoms with van der Waals surface area (Å²) in [6.07, 6.45) is 8.32. The van der Waals surface area contributed by atoms with Gasteiger partial charge in [-0.25, -0.2) is 0 Å². The summed E-state index contributed by atoms with van der Waals surface area (Å²) in [6.45, 7) is 4.61. The molecular weight excluding hydrogens is 376 g/mol. The fourth-order valence-electron chi connectivity index (χ4n) is 2.72. The lowest BCUT2D eigenvalue weighted by Crippen LogP contribution is -2.16. The predicted molar refractivity (Wildman–Crippen MR) is 102 cm³/mol. The van der Waals surface area contributed by atoms with Gasteiger partial charge in [-0.3, -0.25) is 4.21 Å². The van der Waals surface area contributed by atoms with Crippen LogP contribution in [0.3, 0.4) is 0 Å². The first kappa shape index (κ1) is 22.6. The lowest BCUT2D eigenvalue weighted by atomic mass is 10.1. The van der Waals surface area contributed by atoms with E-state index in [2.05, 4.69) is 13.8 Å². The quantitative estimate of drug-likeness (QED) is 0.555. The molecule has 1 aromatic carbocycles. The second-order valence-corrected chi connectivity index (χ2v) is 8.64. The van der Waals surface area contributed by atoms with E-state index >= 15 is 0 Å². The first-order chi connectivity index (χ1) is 12.4. The third kappa shape index (κ3) is 9.33. The van der Waals surface area contributed by atoms with Crippen LogP contribution < -0.4 is 9.47 Å². The molecule has 1 aliphatic heterocycles. The monoisotopic (exact) mass is 404 g/mol. The summed E-state index contributed by atoms with van der Waals surface area (Å²) in [7, 11) is -3.85. The molecule has 0 saturated carbocycles. The molecule has 0 fully saturated rings. The second-order valence-electron chi connectivity index (χ2n) is 6.26. The molecule has 148 valence electrons. The van der Waals surface area contributed by atoms with Gasteiger partial charge in [0.15, 0.2) is 11.5 Å². The largest absolute Gasteiger partial charge is 0.454 e. The van der Waals surface area contributed by atoms with Gasteiger partial charge in [0.1, 0.15) is 0 Å². The van der Waals surface area contributed by atoms with Crippen LogP contribution in [-0.2, 0) is 27.8 Å². The Kier molecular flexibility index (Phi) is 11.2. The van der Waals surface area contributed by atoms with Crippen molar-refractivity contribution in [2.75, 3.05) is 12.5 Å². The highest BCUT2D eigenvalue weighted by Crippen LogP contribution is 2.33. The van der Waals surface area contributed by atoms with Crippen LogP contribution in [-0.4, -0.2) is 34.6 Å². The first-order valence-electron chi connectivity index (χ1n) is 8.96. The van der Waals surface area contributed by atoms with Gasteiger partial charge in [0.25, 0.3) is 0 Å². The third-order valence-electron chi connectivity index (χ3n) is 4.11. The summed E-state index contributed by atoms with van der Waals surface area (Å²) >= 11 is 0. The lowest BCUT2D eigenvalue weighted by molar-refractivity contribution is 0.174. The number of fused-ring (bicyclic) bond motifs is 1. The molecule has 0 saturated heterocycles. The maximum Gasteiger partial charge on any atom is 0.425 e. The number of hydrogen-bond donors (Lipinski definition) is 0. The van der Waals surface area contributed by atoms with E-state index in [1.165, 1.54) is 37.7 Å². The normalized spacial score (nSPS) is 14.2. The zero-order chi connectivity index (χ0) is 19.4. The molecule has 6 nitrogen and oxygen atoms in total. The van der Waals surface area contributed by atoms with E-state index in [4.69, 9.17) is 22.1 Å². The van der Waals surface area contributed by atoms with Crippen molar-refractivity contribution in [1.29, 1.82) is 0 Å². The Morgan fingerprint density at radius 1 is 0.962 bits per heavy atom. The van der Waals surface area contributed by atoms with Crippen molar-refractivity contribution >= 4 is 21.4 Å². The molecule has 0 bridgehead atoms. The first-order valence-corrected chi connectivity index (χ1v) is 11.3. The number of unbranched alkanes of at least 4 members (excludes halogenated alkanes) is 5. The molecule has 1 heterocycles. The van der Waals surface area contributed by atoms with Crippen LogP contribution in [0.5, 0.6) is 11.5 Å². The molecule has 2 rings (SSSR count). The standard InChI is InChI=1S/C18H28O3S.O3S/c1-3-4-5-6-7-8-11-22(19)15(2)12-16-9-10-17-18(13-16)21-14-20-17;1-4(2)3/h9-10,13,15H,3-8,11-12,14H2,1-2H3;. The molecule has 2 atom stereocenters. The topological polar surface area (TPSA) is 86.7 Å². The van der Waals surface area contributed by atoms with Crippen molar-refractivity contribution in [3.63, 3.8) is 0 Å². The maximum absolute atomic E-state index is 12.3. The predicted octanol–water partition coefficient (Wildman–Crippen LogP) is 3.45. The van der Waals surface area contributed by atoms with Crippen molar-refractivity contribution in [2.24, 2.45) is 0 Å². The molecule has 8 heteroatoms. The summed E-state index contributed by atoms with van der Waals surface area (Å²) in [5, 5.41) is 0.191. The molecule has 0 aromatic heterocycles. The minimum Gasteiger partial charge on any atom is -0.454 e. The van der Waals surface area contributed by atoms with Crippen molar-refractivity contribution in [2.45, 2.75) is 64.0 Å². The maximum atomic E-state index is 12.3. The van der Waals surface area contributed by atoms with Gasteiger partial charge in [0, 0.05) is 21.8 Å². The minimum absolute atomic E-state index is 0.191. The van der Waals surface area contributed by atoms with Crippen LogP contribution in [0.4, 0.5) is 0 Å². The van der Waals surface area contributed by atoms with Crippen LogP contribution >= 0.6 is 0 Å². The highest BCUT2D eigenvalue weighted by atomic mass is 32.2. The van der Waals surface area contributed by atoms with E-state index < -0.39 is 21.4 Å². The van der Waals surface area contributed by atoms with Gasteiger partial charge in [0.2, 0.25) is 6.79 Å². The number of ether oxygens (including phenoxy) is 2. The molecule has 1 aliphatic rings. The fourth-order valence-corrected chi connectivity index (χ4v) is 3.99. The average molecular weight is 405 g/mol. The molecule has 26 heavy (non-hydrogen) atoms. The van der Waals surface area contributed by atoms with Crippen molar-refractivity contribution < 1.29 is 26.3 Å².